The van der Waals surface area contributed by atoms with E-state index in [1.54, 1.807) is 6.07 Å². The average Bonchev–Trinajstić information content (AvgIpc) is 3.12. The summed E-state index contributed by atoms with van der Waals surface area (Å²) < 4.78 is 42.7. The number of fused-ring (bicyclic) bond motifs is 1. The molecule has 2 aliphatic rings. The minimum absolute atomic E-state index is 0.0511. The molecule has 10 heteroatoms. The molecule has 142 valence electrons. The molecule has 0 atom stereocenters. The van der Waals surface area contributed by atoms with Gasteiger partial charge in [-0.15, -0.1) is 10.2 Å². The maximum absolute atomic E-state index is 13.5. The summed E-state index contributed by atoms with van der Waals surface area (Å²) in [5.41, 5.74) is -0.269. The zero-order chi connectivity index (χ0) is 19.0. The molecule has 0 unspecified atom stereocenters. The van der Waals surface area contributed by atoms with Crippen LogP contribution in [0.1, 0.15) is 36.0 Å². The van der Waals surface area contributed by atoms with Crippen LogP contribution >= 0.6 is 0 Å². The first-order valence-electron chi connectivity index (χ1n) is 8.83. The third-order valence-electron chi connectivity index (χ3n) is 5.17. The fraction of sp³-hybridized carbons (Fsp3) is 0.471. The van der Waals surface area contributed by atoms with Gasteiger partial charge < -0.3 is 9.88 Å². The van der Waals surface area contributed by atoms with E-state index in [4.69, 9.17) is 5.26 Å². The SMILES string of the molecule is N#Cc1cc(S(=O)(=O)N2CCC(c3nnc4n3CCNC4)CC2)ccc1F. The quantitative estimate of drug-likeness (QED) is 0.837. The number of benzene rings is 1. The van der Waals surface area contributed by atoms with Gasteiger partial charge in [-0.2, -0.15) is 9.57 Å². The van der Waals surface area contributed by atoms with Gasteiger partial charge in [0.2, 0.25) is 10.0 Å². The van der Waals surface area contributed by atoms with Crippen molar-refractivity contribution in [1.82, 2.24) is 24.4 Å². The summed E-state index contributed by atoms with van der Waals surface area (Å²) in [5.74, 6) is 1.29. The van der Waals surface area contributed by atoms with Crippen molar-refractivity contribution in [2.75, 3.05) is 19.6 Å². The van der Waals surface area contributed by atoms with Gasteiger partial charge in [-0.3, -0.25) is 0 Å². The van der Waals surface area contributed by atoms with Gasteiger partial charge in [0, 0.05) is 32.1 Å². The molecule has 1 aromatic carbocycles. The zero-order valence-corrected chi connectivity index (χ0v) is 15.4. The second-order valence-corrected chi connectivity index (χ2v) is 8.67. The number of hydrogen-bond donors (Lipinski definition) is 1. The van der Waals surface area contributed by atoms with Gasteiger partial charge in [0.15, 0.2) is 0 Å². The van der Waals surface area contributed by atoms with Crippen LogP contribution < -0.4 is 5.32 Å². The zero-order valence-electron chi connectivity index (χ0n) is 14.6. The monoisotopic (exact) mass is 390 g/mol. The first-order valence-corrected chi connectivity index (χ1v) is 10.3. The number of halogens is 1. The molecule has 1 aromatic heterocycles. The first-order chi connectivity index (χ1) is 13.0. The van der Waals surface area contributed by atoms with Crippen LogP contribution in [0.5, 0.6) is 0 Å². The maximum Gasteiger partial charge on any atom is 0.243 e. The highest BCUT2D eigenvalue weighted by Crippen LogP contribution is 2.31. The van der Waals surface area contributed by atoms with Crippen LogP contribution in [0, 0.1) is 17.1 Å². The number of hydrogen-bond acceptors (Lipinski definition) is 6. The summed E-state index contributed by atoms with van der Waals surface area (Å²) in [6.07, 6.45) is 1.30. The lowest BCUT2D eigenvalue weighted by atomic mass is 9.97. The number of sulfonamides is 1. The molecule has 0 radical (unpaired) electrons. The summed E-state index contributed by atoms with van der Waals surface area (Å²) in [5, 5.41) is 20.7. The van der Waals surface area contributed by atoms with Crippen molar-refractivity contribution in [3.05, 3.63) is 41.2 Å². The van der Waals surface area contributed by atoms with Crippen LogP contribution in [-0.2, 0) is 23.1 Å². The summed E-state index contributed by atoms with van der Waals surface area (Å²) >= 11 is 0. The van der Waals surface area contributed by atoms with Gasteiger partial charge in [-0.25, -0.2) is 12.8 Å². The third-order valence-corrected chi connectivity index (χ3v) is 7.06. The molecular weight excluding hydrogens is 371 g/mol. The Bertz CT molecular complexity index is 1000. The Morgan fingerprint density at radius 3 is 2.74 bits per heavy atom. The molecule has 1 saturated heterocycles. The van der Waals surface area contributed by atoms with Crippen LogP contribution in [0.3, 0.4) is 0 Å². The molecule has 0 saturated carbocycles. The van der Waals surface area contributed by atoms with Gasteiger partial charge in [-0.05, 0) is 31.0 Å². The molecule has 4 rings (SSSR count). The minimum atomic E-state index is -3.76. The van der Waals surface area contributed by atoms with E-state index in [1.807, 2.05) is 0 Å². The highest BCUT2D eigenvalue weighted by molar-refractivity contribution is 7.89. The normalized spacial score (nSPS) is 18.8. The third kappa shape index (κ3) is 3.22. The molecule has 0 amide bonds. The van der Waals surface area contributed by atoms with E-state index in [1.165, 1.54) is 10.4 Å². The van der Waals surface area contributed by atoms with Crippen molar-refractivity contribution in [3.63, 3.8) is 0 Å². The number of nitrogens with one attached hydrogen (secondary N) is 1. The molecule has 1 N–H and O–H groups in total. The van der Waals surface area contributed by atoms with Crippen LogP contribution in [-0.4, -0.2) is 47.1 Å². The summed E-state index contributed by atoms with van der Waals surface area (Å²) in [6, 6.07) is 5.01. The molecule has 0 spiro atoms. The lowest BCUT2D eigenvalue weighted by molar-refractivity contribution is 0.307. The van der Waals surface area contributed by atoms with E-state index in [0.29, 0.717) is 32.5 Å². The lowest BCUT2D eigenvalue weighted by Crippen LogP contribution is -2.39. The molecule has 2 aliphatic heterocycles. The van der Waals surface area contributed by atoms with Gasteiger partial charge in [0.25, 0.3) is 0 Å². The molecule has 3 heterocycles. The molecule has 8 nitrogen and oxygen atoms in total. The Balaban J connectivity index is 1.50. The van der Waals surface area contributed by atoms with E-state index >= 15 is 0 Å². The topological polar surface area (TPSA) is 104 Å². The van der Waals surface area contributed by atoms with E-state index in [2.05, 4.69) is 20.1 Å². The number of nitrogens with zero attached hydrogens (tertiary/aromatic N) is 5. The Morgan fingerprint density at radius 2 is 2.00 bits per heavy atom. The molecule has 27 heavy (non-hydrogen) atoms. The number of aromatic nitrogens is 3. The van der Waals surface area contributed by atoms with Gasteiger partial charge >= 0.3 is 0 Å². The summed E-state index contributed by atoms with van der Waals surface area (Å²) in [7, 11) is -3.76. The van der Waals surface area contributed by atoms with E-state index in [-0.39, 0.29) is 16.4 Å². The van der Waals surface area contributed by atoms with E-state index in [0.717, 1.165) is 36.9 Å². The molecule has 0 aliphatic carbocycles. The molecular formula is C17H19FN6O2S. The summed E-state index contributed by atoms with van der Waals surface area (Å²) in [6.45, 7) is 3.10. The lowest BCUT2D eigenvalue weighted by Gasteiger charge is -2.31. The second kappa shape index (κ2) is 6.99. The number of rotatable bonds is 3. The second-order valence-electron chi connectivity index (χ2n) is 6.73. The molecule has 0 bridgehead atoms. The Labute approximate surface area is 156 Å². The van der Waals surface area contributed by atoms with E-state index in [9.17, 15) is 12.8 Å². The van der Waals surface area contributed by atoms with Crippen molar-refractivity contribution in [2.45, 2.75) is 36.7 Å². The Kier molecular flexibility index (Phi) is 4.67. The van der Waals surface area contributed by atoms with E-state index < -0.39 is 15.8 Å². The predicted octanol–water partition coefficient (Wildman–Crippen LogP) is 0.960. The maximum atomic E-state index is 13.5. The average molecular weight is 390 g/mol. The summed E-state index contributed by atoms with van der Waals surface area (Å²) in [4.78, 5) is -0.0511. The highest BCUT2D eigenvalue weighted by Gasteiger charge is 2.33. The largest absolute Gasteiger partial charge is 0.312 e. The minimum Gasteiger partial charge on any atom is -0.312 e. The number of nitriles is 1. The smallest absolute Gasteiger partial charge is 0.243 e. The molecule has 2 aromatic rings. The number of piperidine rings is 1. The first kappa shape index (κ1) is 18.0. The highest BCUT2D eigenvalue weighted by atomic mass is 32.2. The Hall–Kier alpha value is -2.35. The van der Waals surface area contributed by atoms with Crippen LogP contribution in [0.2, 0.25) is 0 Å². The van der Waals surface area contributed by atoms with Crippen molar-refractivity contribution in [3.8, 4) is 6.07 Å². The van der Waals surface area contributed by atoms with Crippen molar-refractivity contribution in [1.29, 1.82) is 5.26 Å². The standard InChI is InChI=1S/C17H19FN6O2S/c18-15-2-1-14(9-13(15)10-19)27(25,26)23-6-3-12(4-7-23)17-22-21-16-11-20-5-8-24(16)17/h1-2,9,12,20H,3-8,11H2. The molecule has 1 fully saturated rings. The fourth-order valence-corrected chi connectivity index (χ4v) is 5.17. The predicted molar refractivity (Wildman–Crippen MR) is 93.6 cm³/mol. The Morgan fingerprint density at radius 1 is 1.22 bits per heavy atom. The van der Waals surface area contributed by atoms with Crippen LogP contribution in [0.25, 0.3) is 0 Å². The van der Waals surface area contributed by atoms with Crippen molar-refractivity contribution < 1.29 is 12.8 Å². The van der Waals surface area contributed by atoms with Crippen LogP contribution in [0.4, 0.5) is 4.39 Å². The van der Waals surface area contributed by atoms with Gasteiger partial charge in [0.1, 0.15) is 23.5 Å². The van der Waals surface area contributed by atoms with Crippen molar-refractivity contribution in [2.24, 2.45) is 0 Å². The van der Waals surface area contributed by atoms with Gasteiger partial charge in [0.05, 0.1) is 17.0 Å². The van der Waals surface area contributed by atoms with Gasteiger partial charge in [-0.1, -0.05) is 0 Å². The van der Waals surface area contributed by atoms with Crippen LogP contribution in [0.15, 0.2) is 23.1 Å². The van der Waals surface area contributed by atoms with Crippen molar-refractivity contribution >= 4 is 10.0 Å². The fourth-order valence-electron chi connectivity index (χ4n) is 3.67.